The van der Waals surface area contributed by atoms with E-state index in [1.54, 1.807) is 20.8 Å². The number of hydrogen-bond acceptors (Lipinski definition) is 6. The number of carboxylic acids is 1. The smallest absolute Gasteiger partial charge is 0.341 e. The van der Waals surface area contributed by atoms with Crippen LogP contribution < -0.4 is 10.8 Å². The number of carbonyl (C=O) groups excluding carboxylic acids is 2. The zero-order chi connectivity index (χ0) is 12.5. The number of hydrogen-bond donors (Lipinski definition) is 1. The van der Waals surface area contributed by atoms with Gasteiger partial charge in [0.25, 0.3) is 0 Å². The minimum atomic E-state index is -1.39. The molecule has 0 aliphatic heterocycles. The summed E-state index contributed by atoms with van der Waals surface area (Å²) < 4.78 is 5.07. The number of esters is 1. The number of carboxylic acid groups (broad SMARTS) is 1. The molecular formula is C10H12NO4S-. The molecule has 1 aromatic heterocycles. The minimum Gasteiger partial charge on any atom is -0.544 e. The fraction of sp³-hybridized carbons (Fsp3) is 0.400. The molecule has 0 fully saturated rings. The van der Waals surface area contributed by atoms with Gasteiger partial charge in [-0.1, -0.05) is 0 Å². The third kappa shape index (κ3) is 2.73. The van der Waals surface area contributed by atoms with E-state index >= 15 is 0 Å². The molecule has 5 nitrogen and oxygen atoms in total. The van der Waals surface area contributed by atoms with Gasteiger partial charge in [0.05, 0.1) is 22.1 Å². The average molecular weight is 242 g/mol. The Labute approximate surface area is 96.8 Å². The number of thiophene rings is 1. The van der Waals surface area contributed by atoms with Crippen LogP contribution in [0.15, 0.2) is 5.38 Å². The van der Waals surface area contributed by atoms with Crippen LogP contribution in [0.5, 0.6) is 0 Å². The molecular weight excluding hydrogens is 230 g/mol. The Bertz CT molecular complexity index is 431. The van der Waals surface area contributed by atoms with Gasteiger partial charge < -0.3 is 20.4 Å². The predicted octanol–water partition coefficient (Wildman–Crippen LogP) is 0.649. The first-order valence-electron chi connectivity index (χ1n) is 4.54. The van der Waals surface area contributed by atoms with E-state index in [9.17, 15) is 14.7 Å². The Morgan fingerprint density at radius 2 is 2.00 bits per heavy atom. The molecule has 0 aliphatic rings. The van der Waals surface area contributed by atoms with E-state index in [-0.39, 0.29) is 16.1 Å². The van der Waals surface area contributed by atoms with Gasteiger partial charge in [-0.3, -0.25) is 0 Å². The highest BCUT2D eigenvalue weighted by molar-refractivity contribution is 7.13. The van der Waals surface area contributed by atoms with Crippen LogP contribution in [0.25, 0.3) is 0 Å². The monoisotopic (exact) mass is 242 g/mol. The molecule has 16 heavy (non-hydrogen) atoms. The predicted molar refractivity (Wildman–Crippen MR) is 58.2 cm³/mol. The third-order valence-corrected chi connectivity index (χ3v) is 2.61. The first kappa shape index (κ1) is 12.5. The summed E-state index contributed by atoms with van der Waals surface area (Å²) in [5.74, 6) is -2.02. The minimum absolute atomic E-state index is 0.0686. The summed E-state index contributed by atoms with van der Waals surface area (Å²) in [6, 6.07) is 0. The maximum absolute atomic E-state index is 11.6. The van der Waals surface area contributed by atoms with Crippen molar-refractivity contribution in [1.82, 2.24) is 0 Å². The number of ether oxygens (including phenoxy) is 1. The summed E-state index contributed by atoms with van der Waals surface area (Å²) in [5.41, 5.74) is 4.84. The Kier molecular flexibility index (Phi) is 3.23. The quantitative estimate of drug-likeness (QED) is 0.768. The van der Waals surface area contributed by atoms with Crippen LogP contribution in [0.2, 0.25) is 0 Å². The molecule has 0 amide bonds. The number of rotatable bonds is 2. The van der Waals surface area contributed by atoms with E-state index in [0.717, 1.165) is 11.3 Å². The lowest BCUT2D eigenvalue weighted by molar-refractivity contribution is -0.254. The van der Waals surface area contributed by atoms with Gasteiger partial charge in [-0.15, -0.1) is 11.3 Å². The molecule has 1 rings (SSSR count). The topological polar surface area (TPSA) is 92.5 Å². The molecule has 0 atom stereocenters. The second kappa shape index (κ2) is 4.13. The number of carbonyl (C=O) groups is 2. The number of aromatic carboxylic acids is 1. The van der Waals surface area contributed by atoms with Crippen LogP contribution in [0.3, 0.4) is 0 Å². The molecule has 0 saturated heterocycles. The fourth-order valence-corrected chi connectivity index (χ4v) is 1.81. The van der Waals surface area contributed by atoms with Gasteiger partial charge in [0.15, 0.2) is 0 Å². The van der Waals surface area contributed by atoms with E-state index in [1.807, 2.05) is 0 Å². The normalized spacial score (nSPS) is 11.2. The summed E-state index contributed by atoms with van der Waals surface area (Å²) in [4.78, 5) is 22.1. The molecule has 0 saturated carbocycles. The van der Waals surface area contributed by atoms with Gasteiger partial charge in [-0.2, -0.15) is 0 Å². The highest BCUT2D eigenvalue weighted by Crippen LogP contribution is 2.26. The van der Waals surface area contributed by atoms with Crippen molar-refractivity contribution in [2.75, 3.05) is 5.73 Å². The first-order valence-corrected chi connectivity index (χ1v) is 5.42. The van der Waals surface area contributed by atoms with Crippen LogP contribution in [0, 0.1) is 0 Å². The molecule has 0 aromatic carbocycles. The molecule has 0 aliphatic carbocycles. The van der Waals surface area contributed by atoms with Crippen molar-refractivity contribution in [2.45, 2.75) is 26.4 Å². The molecule has 0 unspecified atom stereocenters. The molecule has 2 N–H and O–H groups in total. The second-order valence-corrected chi connectivity index (χ2v) is 5.06. The molecule has 0 spiro atoms. The number of nitrogens with two attached hydrogens (primary N) is 1. The lowest BCUT2D eigenvalue weighted by Gasteiger charge is -2.19. The molecule has 1 aromatic rings. The van der Waals surface area contributed by atoms with E-state index < -0.39 is 17.5 Å². The van der Waals surface area contributed by atoms with Gasteiger partial charge in [-0.25, -0.2) is 4.79 Å². The van der Waals surface area contributed by atoms with Crippen molar-refractivity contribution < 1.29 is 19.4 Å². The van der Waals surface area contributed by atoms with E-state index in [4.69, 9.17) is 10.5 Å². The average Bonchev–Trinajstić information content (AvgIpc) is 2.43. The molecule has 6 heteroatoms. The maximum Gasteiger partial charge on any atom is 0.341 e. The van der Waals surface area contributed by atoms with Gasteiger partial charge in [0, 0.05) is 5.38 Å². The van der Waals surface area contributed by atoms with Gasteiger partial charge in [0.2, 0.25) is 0 Å². The Hall–Kier alpha value is -1.56. The summed E-state index contributed by atoms with van der Waals surface area (Å²) in [5, 5.41) is 12.0. The maximum atomic E-state index is 11.6. The fourth-order valence-electron chi connectivity index (χ4n) is 1.02. The van der Waals surface area contributed by atoms with Crippen LogP contribution >= 0.6 is 11.3 Å². The van der Waals surface area contributed by atoms with E-state index in [1.165, 1.54) is 5.38 Å². The van der Waals surface area contributed by atoms with E-state index in [0.29, 0.717) is 0 Å². The van der Waals surface area contributed by atoms with Crippen molar-refractivity contribution in [1.29, 1.82) is 0 Å². The number of nitrogen functional groups attached to an aromatic ring is 1. The third-order valence-electron chi connectivity index (χ3n) is 1.63. The van der Waals surface area contributed by atoms with Crippen LogP contribution in [0.4, 0.5) is 5.69 Å². The molecule has 0 radical (unpaired) electrons. The zero-order valence-corrected chi connectivity index (χ0v) is 10.0. The van der Waals surface area contributed by atoms with Crippen LogP contribution in [-0.2, 0) is 4.74 Å². The van der Waals surface area contributed by atoms with Gasteiger partial charge in [-0.05, 0) is 20.8 Å². The standard InChI is InChI=1S/C10H13NO4S/c1-10(2,3)15-9(14)5-4-16-7(6(5)11)8(12)13/h4H,11H2,1-3H3,(H,12,13)/p-1. The molecule has 1 heterocycles. The van der Waals surface area contributed by atoms with Crippen molar-refractivity contribution in [3.05, 3.63) is 15.8 Å². The van der Waals surface area contributed by atoms with Crippen molar-refractivity contribution in [2.24, 2.45) is 0 Å². The van der Waals surface area contributed by atoms with Gasteiger partial charge in [0.1, 0.15) is 5.60 Å². The summed E-state index contributed by atoms with van der Waals surface area (Å²) in [6.07, 6.45) is 0. The summed E-state index contributed by atoms with van der Waals surface area (Å²) in [6.45, 7) is 5.15. The lowest BCUT2D eigenvalue weighted by atomic mass is 10.2. The molecule has 88 valence electrons. The van der Waals surface area contributed by atoms with Crippen molar-refractivity contribution in [3.63, 3.8) is 0 Å². The van der Waals surface area contributed by atoms with Gasteiger partial charge >= 0.3 is 5.97 Å². The number of anilines is 1. The highest BCUT2D eigenvalue weighted by Gasteiger charge is 2.22. The lowest BCUT2D eigenvalue weighted by Crippen LogP contribution is -2.25. The summed E-state index contributed by atoms with van der Waals surface area (Å²) >= 11 is 0.851. The second-order valence-electron chi connectivity index (χ2n) is 4.18. The zero-order valence-electron chi connectivity index (χ0n) is 9.20. The Morgan fingerprint density at radius 3 is 2.38 bits per heavy atom. The van der Waals surface area contributed by atoms with Crippen LogP contribution in [0.1, 0.15) is 40.8 Å². The van der Waals surface area contributed by atoms with Crippen LogP contribution in [-0.4, -0.2) is 17.5 Å². The first-order chi connectivity index (χ1) is 7.22. The van der Waals surface area contributed by atoms with E-state index in [2.05, 4.69) is 0 Å². The Morgan fingerprint density at radius 1 is 1.44 bits per heavy atom. The summed E-state index contributed by atoms with van der Waals surface area (Å²) in [7, 11) is 0. The Balaban J connectivity index is 2.98. The van der Waals surface area contributed by atoms with Crippen molar-refractivity contribution >= 4 is 29.0 Å². The highest BCUT2D eigenvalue weighted by atomic mass is 32.1. The van der Waals surface area contributed by atoms with Crippen molar-refractivity contribution in [3.8, 4) is 0 Å². The molecule has 0 bridgehead atoms. The largest absolute Gasteiger partial charge is 0.544 e. The SMILES string of the molecule is CC(C)(C)OC(=O)c1csc(C(=O)[O-])c1N.